The van der Waals surface area contributed by atoms with Gasteiger partial charge >= 0.3 is 6.18 Å². The van der Waals surface area contributed by atoms with Crippen LogP contribution in [0.15, 0.2) is 24.3 Å². The molecule has 5 rings (SSSR count). The Morgan fingerprint density at radius 3 is 2.54 bits per heavy atom. The number of anilines is 2. The summed E-state index contributed by atoms with van der Waals surface area (Å²) in [5.74, 6) is 0.803. The van der Waals surface area contributed by atoms with Crippen LogP contribution >= 0.6 is 0 Å². The Labute approximate surface area is 213 Å². The summed E-state index contributed by atoms with van der Waals surface area (Å²) in [6.07, 6.45) is -1.63. The maximum Gasteiger partial charge on any atom is 0.416 e. The Morgan fingerprint density at radius 2 is 1.86 bits per heavy atom. The number of benzene rings is 1. The monoisotopic (exact) mass is 521 g/mol. The summed E-state index contributed by atoms with van der Waals surface area (Å²) in [6.45, 7) is 3.38. The second-order valence-corrected chi connectivity index (χ2v) is 10.1. The van der Waals surface area contributed by atoms with E-state index in [1.54, 1.807) is 11.8 Å². The van der Waals surface area contributed by atoms with Crippen molar-refractivity contribution in [3.63, 3.8) is 0 Å². The first kappa shape index (κ1) is 25.8. The molecule has 2 saturated heterocycles. The van der Waals surface area contributed by atoms with E-state index >= 15 is 0 Å². The highest BCUT2D eigenvalue weighted by Crippen LogP contribution is 2.39. The third-order valence-corrected chi connectivity index (χ3v) is 7.28. The van der Waals surface area contributed by atoms with Crippen molar-refractivity contribution in [2.24, 2.45) is 0 Å². The number of hydrogen-bond donors (Lipinski definition) is 2. The van der Waals surface area contributed by atoms with Crippen LogP contribution in [-0.4, -0.2) is 65.3 Å². The van der Waals surface area contributed by atoms with E-state index in [4.69, 9.17) is 4.74 Å². The number of alkyl halides is 4. The molecule has 200 valence electrons. The summed E-state index contributed by atoms with van der Waals surface area (Å²) >= 11 is 0. The maximum absolute atomic E-state index is 14.1. The Hall–Kier alpha value is -2.79. The highest BCUT2D eigenvalue weighted by molar-refractivity contribution is 5.95. The summed E-state index contributed by atoms with van der Waals surface area (Å²) in [7, 11) is 0. The fourth-order valence-corrected chi connectivity index (χ4v) is 4.89. The normalized spacial score (nSPS) is 23.2. The van der Waals surface area contributed by atoms with Crippen molar-refractivity contribution >= 4 is 17.4 Å². The first-order chi connectivity index (χ1) is 17.7. The zero-order valence-electron chi connectivity index (χ0n) is 20.7. The molecule has 1 aliphatic carbocycles. The second-order valence-electron chi connectivity index (χ2n) is 10.1. The molecule has 3 fully saturated rings. The van der Waals surface area contributed by atoms with E-state index in [-0.39, 0.29) is 41.9 Å². The molecular formula is C26H31F4N5O2. The van der Waals surface area contributed by atoms with Gasteiger partial charge in [0, 0.05) is 48.9 Å². The van der Waals surface area contributed by atoms with E-state index < -0.39 is 17.9 Å². The Bertz CT molecular complexity index is 1130. The minimum Gasteiger partial charge on any atom is -0.378 e. The average Bonchev–Trinajstić information content (AvgIpc) is 3.72. The molecule has 37 heavy (non-hydrogen) atoms. The van der Waals surface area contributed by atoms with Gasteiger partial charge in [-0.05, 0) is 57.2 Å². The van der Waals surface area contributed by atoms with Gasteiger partial charge in [-0.1, -0.05) is 6.07 Å². The van der Waals surface area contributed by atoms with Crippen LogP contribution < -0.4 is 10.6 Å². The van der Waals surface area contributed by atoms with Crippen molar-refractivity contribution in [3.8, 4) is 0 Å². The Morgan fingerprint density at radius 1 is 1.11 bits per heavy atom. The van der Waals surface area contributed by atoms with Crippen molar-refractivity contribution in [2.75, 3.05) is 31.6 Å². The van der Waals surface area contributed by atoms with Crippen LogP contribution in [0.2, 0.25) is 0 Å². The molecule has 0 bridgehead atoms. The number of carbonyl (C=O) groups excluding carboxylic acids is 1. The van der Waals surface area contributed by atoms with E-state index in [1.807, 2.05) is 0 Å². The number of likely N-dealkylation sites (tertiary alicyclic amines) is 1. The molecule has 2 N–H and O–H groups in total. The van der Waals surface area contributed by atoms with Gasteiger partial charge < -0.3 is 20.3 Å². The minimum absolute atomic E-state index is 0.113. The maximum atomic E-state index is 14.1. The lowest BCUT2D eigenvalue weighted by Crippen LogP contribution is -2.52. The predicted octanol–water partition coefficient (Wildman–Crippen LogP) is 4.75. The van der Waals surface area contributed by atoms with Gasteiger partial charge in [0.05, 0.1) is 12.2 Å². The zero-order chi connectivity index (χ0) is 26.2. The van der Waals surface area contributed by atoms with Crippen molar-refractivity contribution < 1.29 is 27.1 Å². The fourth-order valence-electron chi connectivity index (χ4n) is 4.89. The molecule has 2 aromatic rings. The van der Waals surface area contributed by atoms with E-state index in [9.17, 15) is 22.4 Å². The van der Waals surface area contributed by atoms with Crippen LogP contribution in [0, 0.1) is 6.92 Å². The van der Waals surface area contributed by atoms with Crippen LogP contribution in [0.3, 0.4) is 0 Å². The SMILES string of the molecule is Cc1c(Nc2cccc(C(F)(F)F)c2)nc(C2CC2)nc1C(=O)N1CCC(N[C@@H]2CCOC[C@@H]2F)CC1. The molecule has 0 radical (unpaired) electrons. The second kappa shape index (κ2) is 10.5. The molecule has 1 aromatic heterocycles. The van der Waals surface area contributed by atoms with E-state index in [0.717, 1.165) is 25.0 Å². The van der Waals surface area contributed by atoms with Crippen molar-refractivity contribution in [1.29, 1.82) is 0 Å². The van der Waals surface area contributed by atoms with Gasteiger partial charge in [-0.25, -0.2) is 14.4 Å². The van der Waals surface area contributed by atoms with Crippen molar-refractivity contribution in [1.82, 2.24) is 20.2 Å². The molecule has 0 unspecified atom stereocenters. The van der Waals surface area contributed by atoms with Crippen LogP contribution in [0.25, 0.3) is 0 Å². The van der Waals surface area contributed by atoms with Gasteiger partial charge in [0.15, 0.2) is 0 Å². The molecular weight excluding hydrogens is 490 g/mol. The summed E-state index contributed by atoms with van der Waals surface area (Å²) in [6, 6.07) is 4.80. The van der Waals surface area contributed by atoms with Gasteiger partial charge in [-0.3, -0.25) is 4.79 Å². The number of piperidine rings is 1. The molecule has 1 amide bonds. The van der Waals surface area contributed by atoms with Crippen molar-refractivity contribution in [3.05, 3.63) is 46.9 Å². The summed E-state index contributed by atoms with van der Waals surface area (Å²) in [5.41, 5.74) is 0.239. The van der Waals surface area contributed by atoms with Gasteiger partial charge in [0.25, 0.3) is 5.91 Å². The molecule has 3 aliphatic rings. The quantitative estimate of drug-likeness (QED) is 0.535. The summed E-state index contributed by atoms with van der Waals surface area (Å²) < 4.78 is 58.9. The number of carbonyl (C=O) groups is 1. The predicted molar refractivity (Wildman–Crippen MR) is 130 cm³/mol. The third-order valence-electron chi connectivity index (χ3n) is 7.28. The van der Waals surface area contributed by atoms with Crippen LogP contribution in [0.1, 0.15) is 65.5 Å². The van der Waals surface area contributed by atoms with Crippen molar-refractivity contribution in [2.45, 2.75) is 69.4 Å². The Balaban J connectivity index is 1.31. The lowest BCUT2D eigenvalue weighted by Gasteiger charge is -2.36. The average molecular weight is 522 g/mol. The first-order valence-electron chi connectivity index (χ1n) is 12.8. The molecule has 2 atom stereocenters. The highest BCUT2D eigenvalue weighted by atomic mass is 19.4. The summed E-state index contributed by atoms with van der Waals surface area (Å²) in [5, 5.41) is 6.38. The molecule has 7 nitrogen and oxygen atoms in total. The van der Waals surface area contributed by atoms with Gasteiger partial charge in [-0.2, -0.15) is 13.2 Å². The Kier molecular flexibility index (Phi) is 7.35. The largest absolute Gasteiger partial charge is 0.416 e. The van der Waals surface area contributed by atoms with Gasteiger partial charge in [0.2, 0.25) is 0 Å². The standard InChI is InChI=1S/C26H31F4N5O2/c1-15-22(25(36)35-10-7-18(8-11-35)31-21-9-12-37-14-20(21)27)33-24(16-5-6-16)34-23(15)32-19-4-2-3-17(13-19)26(28,29)30/h2-4,13,16,18,20-21,31H,5-12,14H2,1H3,(H,32,33,34)/t20-,21+/m0/s1. The number of rotatable bonds is 6. The van der Waals surface area contributed by atoms with Gasteiger partial charge in [-0.15, -0.1) is 0 Å². The topological polar surface area (TPSA) is 79.4 Å². The van der Waals surface area contributed by atoms with Crippen LogP contribution in [-0.2, 0) is 10.9 Å². The number of nitrogens with zero attached hydrogens (tertiary/aromatic N) is 3. The number of amides is 1. The number of nitrogens with one attached hydrogen (secondary N) is 2. The summed E-state index contributed by atoms with van der Waals surface area (Å²) in [4.78, 5) is 24.4. The zero-order valence-corrected chi connectivity index (χ0v) is 20.7. The molecule has 0 spiro atoms. The lowest BCUT2D eigenvalue weighted by atomic mass is 10.00. The minimum atomic E-state index is -4.46. The van der Waals surface area contributed by atoms with E-state index in [0.29, 0.717) is 56.2 Å². The number of halogens is 4. The van der Waals surface area contributed by atoms with Gasteiger partial charge in [0.1, 0.15) is 23.5 Å². The smallest absolute Gasteiger partial charge is 0.378 e. The lowest BCUT2D eigenvalue weighted by molar-refractivity contribution is -0.137. The van der Waals surface area contributed by atoms with Crippen LogP contribution in [0.4, 0.5) is 29.1 Å². The van der Waals surface area contributed by atoms with E-state index in [1.165, 1.54) is 12.1 Å². The van der Waals surface area contributed by atoms with Crippen LogP contribution in [0.5, 0.6) is 0 Å². The number of hydrogen-bond acceptors (Lipinski definition) is 6. The first-order valence-corrected chi connectivity index (χ1v) is 12.8. The molecule has 2 aliphatic heterocycles. The molecule has 3 heterocycles. The third kappa shape index (κ3) is 6.04. The van der Waals surface area contributed by atoms with E-state index in [2.05, 4.69) is 20.6 Å². The molecule has 1 aromatic carbocycles. The molecule has 11 heteroatoms. The number of ether oxygens (including phenoxy) is 1. The highest BCUT2D eigenvalue weighted by Gasteiger charge is 2.34. The number of aromatic nitrogens is 2. The fraction of sp³-hybridized carbons (Fsp3) is 0.577. The molecule has 1 saturated carbocycles.